The van der Waals surface area contributed by atoms with E-state index in [4.69, 9.17) is 9.47 Å². The lowest BCUT2D eigenvalue weighted by molar-refractivity contribution is -0.148. The zero-order valence-corrected chi connectivity index (χ0v) is 12.1. The van der Waals surface area contributed by atoms with E-state index in [-0.39, 0.29) is 18.4 Å². The van der Waals surface area contributed by atoms with Crippen molar-refractivity contribution < 1.29 is 24.2 Å². The van der Waals surface area contributed by atoms with Gasteiger partial charge in [0.1, 0.15) is 11.8 Å². The maximum atomic E-state index is 12.4. The van der Waals surface area contributed by atoms with Crippen LogP contribution >= 0.6 is 0 Å². The molecule has 1 saturated heterocycles. The van der Waals surface area contributed by atoms with Gasteiger partial charge in [-0.2, -0.15) is 0 Å². The Bertz CT molecular complexity index is 531. The second kappa shape index (κ2) is 6.58. The normalized spacial score (nSPS) is 21.3. The maximum Gasteiger partial charge on any atom is 0.326 e. The van der Waals surface area contributed by atoms with Gasteiger partial charge in [-0.15, -0.1) is 0 Å². The molecular weight excluding hydrogens is 274 g/mol. The second-order valence-electron chi connectivity index (χ2n) is 4.98. The molecule has 0 bridgehead atoms. The summed E-state index contributed by atoms with van der Waals surface area (Å²) in [6.45, 7) is 0.307. The summed E-state index contributed by atoms with van der Waals surface area (Å²) in [5.41, 5.74) is 0.745. The smallest absolute Gasteiger partial charge is 0.326 e. The molecule has 1 aromatic rings. The van der Waals surface area contributed by atoms with Gasteiger partial charge in [0.2, 0.25) is 5.91 Å². The van der Waals surface area contributed by atoms with E-state index in [0.29, 0.717) is 18.7 Å². The van der Waals surface area contributed by atoms with Crippen LogP contribution in [0.15, 0.2) is 24.3 Å². The summed E-state index contributed by atoms with van der Waals surface area (Å²) in [6.07, 6.45) is 0.209. The first kappa shape index (κ1) is 15.3. The highest BCUT2D eigenvalue weighted by Crippen LogP contribution is 2.24. The number of carboxylic acids is 1. The lowest BCUT2D eigenvalue weighted by Crippen LogP contribution is -2.41. The summed E-state index contributed by atoms with van der Waals surface area (Å²) < 4.78 is 10.4. The number of aliphatic carboxylic acids is 1. The Balaban J connectivity index is 2.13. The van der Waals surface area contributed by atoms with Crippen molar-refractivity contribution >= 4 is 11.9 Å². The number of likely N-dealkylation sites (tertiary alicyclic amines) is 1. The number of carbonyl (C=O) groups excluding carboxylic acids is 1. The van der Waals surface area contributed by atoms with Crippen LogP contribution in [0.2, 0.25) is 0 Å². The number of ether oxygens (including phenoxy) is 2. The van der Waals surface area contributed by atoms with Gasteiger partial charge in [-0.3, -0.25) is 4.79 Å². The molecule has 1 N–H and O–H groups in total. The minimum Gasteiger partial charge on any atom is -0.496 e. The molecule has 1 fully saturated rings. The predicted molar refractivity (Wildman–Crippen MR) is 75.2 cm³/mol. The van der Waals surface area contributed by atoms with Crippen molar-refractivity contribution in [3.8, 4) is 5.75 Å². The molecule has 1 amide bonds. The van der Waals surface area contributed by atoms with Gasteiger partial charge in [-0.25, -0.2) is 4.79 Å². The molecule has 1 aromatic carbocycles. The molecule has 0 saturated carbocycles. The SMILES string of the molecule is COc1ccccc1CC(=O)N1CC(OC)CC1C(=O)O. The topological polar surface area (TPSA) is 76.1 Å². The van der Waals surface area contributed by atoms with Gasteiger partial charge in [0.05, 0.1) is 19.6 Å². The van der Waals surface area contributed by atoms with E-state index < -0.39 is 12.0 Å². The largest absolute Gasteiger partial charge is 0.496 e. The highest BCUT2D eigenvalue weighted by molar-refractivity contribution is 5.86. The fraction of sp³-hybridized carbons (Fsp3) is 0.467. The van der Waals surface area contributed by atoms with Crippen molar-refractivity contribution in [3.05, 3.63) is 29.8 Å². The molecule has 2 atom stereocenters. The van der Waals surface area contributed by atoms with Crippen molar-refractivity contribution in [2.24, 2.45) is 0 Å². The van der Waals surface area contributed by atoms with Crippen molar-refractivity contribution in [1.29, 1.82) is 0 Å². The maximum absolute atomic E-state index is 12.4. The first-order valence-corrected chi connectivity index (χ1v) is 6.73. The number of carbonyl (C=O) groups is 2. The molecule has 1 aliphatic heterocycles. The van der Waals surface area contributed by atoms with E-state index >= 15 is 0 Å². The zero-order chi connectivity index (χ0) is 15.4. The van der Waals surface area contributed by atoms with Gasteiger partial charge < -0.3 is 19.5 Å². The number of para-hydroxylation sites is 1. The molecule has 21 heavy (non-hydrogen) atoms. The van der Waals surface area contributed by atoms with Crippen LogP contribution in [0.25, 0.3) is 0 Å². The summed E-state index contributed by atoms with van der Waals surface area (Å²) in [5.74, 6) is -0.602. The molecule has 2 rings (SSSR count). The quantitative estimate of drug-likeness (QED) is 0.874. The second-order valence-corrected chi connectivity index (χ2v) is 4.98. The van der Waals surface area contributed by atoms with E-state index in [1.54, 1.807) is 19.2 Å². The summed E-state index contributed by atoms with van der Waals surface area (Å²) in [4.78, 5) is 25.1. The lowest BCUT2D eigenvalue weighted by Gasteiger charge is -2.21. The molecule has 1 aliphatic rings. The molecule has 0 spiro atoms. The van der Waals surface area contributed by atoms with E-state index in [2.05, 4.69) is 0 Å². The fourth-order valence-electron chi connectivity index (χ4n) is 2.59. The Morgan fingerprint density at radius 3 is 2.67 bits per heavy atom. The number of benzene rings is 1. The van der Waals surface area contributed by atoms with Crippen LogP contribution < -0.4 is 4.74 Å². The van der Waals surface area contributed by atoms with Crippen molar-refractivity contribution in [2.45, 2.75) is 25.0 Å². The third-order valence-corrected chi connectivity index (χ3v) is 3.74. The van der Waals surface area contributed by atoms with Crippen LogP contribution in [0, 0.1) is 0 Å². The van der Waals surface area contributed by atoms with Crippen molar-refractivity contribution in [2.75, 3.05) is 20.8 Å². The predicted octanol–water partition coefficient (Wildman–Crippen LogP) is 0.938. The Morgan fingerprint density at radius 2 is 2.05 bits per heavy atom. The first-order chi connectivity index (χ1) is 10.1. The third kappa shape index (κ3) is 3.33. The fourth-order valence-corrected chi connectivity index (χ4v) is 2.59. The van der Waals surface area contributed by atoms with Crippen LogP contribution in [-0.4, -0.2) is 54.8 Å². The first-order valence-electron chi connectivity index (χ1n) is 6.73. The van der Waals surface area contributed by atoms with Gasteiger partial charge in [-0.05, 0) is 6.07 Å². The monoisotopic (exact) mass is 293 g/mol. The molecule has 0 aromatic heterocycles. The number of nitrogens with zero attached hydrogens (tertiary/aromatic N) is 1. The summed E-state index contributed by atoms with van der Waals surface area (Å²) >= 11 is 0. The third-order valence-electron chi connectivity index (χ3n) is 3.74. The minimum atomic E-state index is -0.997. The lowest BCUT2D eigenvalue weighted by atomic mass is 10.1. The summed E-state index contributed by atoms with van der Waals surface area (Å²) in [5, 5.41) is 9.24. The number of carboxylic acid groups (broad SMARTS) is 1. The van der Waals surface area contributed by atoms with Gasteiger partial charge in [0, 0.05) is 25.6 Å². The summed E-state index contributed by atoms with van der Waals surface area (Å²) in [6, 6.07) is 6.40. The van der Waals surface area contributed by atoms with Crippen LogP contribution in [0.4, 0.5) is 0 Å². The van der Waals surface area contributed by atoms with E-state index in [9.17, 15) is 14.7 Å². The number of methoxy groups -OCH3 is 2. The average Bonchev–Trinajstić information content (AvgIpc) is 2.92. The molecule has 0 radical (unpaired) electrons. The zero-order valence-electron chi connectivity index (χ0n) is 12.1. The van der Waals surface area contributed by atoms with Gasteiger partial charge in [0.15, 0.2) is 0 Å². The number of hydrogen-bond donors (Lipinski definition) is 1. The number of rotatable bonds is 5. The Labute approximate surface area is 123 Å². The summed E-state index contributed by atoms with van der Waals surface area (Å²) in [7, 11) is 3.07. The van der Waals surface area contributed by atoms with Gasteiger partial charge in [-0.1, -0.05) is 18.2 Å². The highest BCUT2D eigenvalue weighted by Gasteiger charge is 2.39. The van der Waals surface area contributed by atoms with Crippen LogP contribution in [0.5, 0.6) is 5.75 Å². The molecule has 2 unspecified atom stereocenters. The molecular formula is C15H19NO5. The molecule has 114 valence electrons. The standard InChI is InChI=1S/C15H19NO5/c1-20-11-8-12(15(18)19)16(9-11)14(17)7-10-5-3-4-6-13(10)21-2/h3-6,11-12H,7-9H2,1-2H3,(H,18,19). The van der Waals surface area contributed by atoms with Crippen LogP contribution in [-0.2, 0) is 20.7 Å². The van der Waals surface area contributed by atoms with Gasteiger partial charge in [0.25, 0.3) is 0 Å². The molecule has 6 nitrogen and oxygen atoms in total. The van der Waals surface area contributed by atoms with E-state index in [0.717, 1.165) is 5.56 Å². The van der Waals surface area contributed by atoms with Crippen LogP contribution in [0.3, 0.4) is 0 Å². The molecule has 0 aliphatic carbocycles. The Hall–Kier alpha value is -2.08. The van der Waals surface area contributed by atoms with E-state index in [1.165, 1.54) is 12.0 Å². The highest BCUT2D eigenvalue weighted by atomic mass is 16.5. The number of amides is 1. The van der Waals surface area contributed by atoms with Crippen LogP contribution in [0.1, 0.15) is 12.0 Å². The van der Waals surface area contributed by atoms with Crippen molar-refractivity contribution in [1.82, 2.24) is 4.90 Å². The Kier molecular flexibility index (Phi) is 4.80. The van der Waals surface area contributed by atoms with Gasteiger partial charge >= 0.3 is 5.97 Å². The number of hydrogen-bond acceptors (Lipinski definition) is 4. The average molecular weight is 293 g/mol. The van der Waals surface area contributed by atoms with Crippen molar-refractivity contribution in [3.63, 3.8) is 0 Å². The Morgan fingerprint density at radius 1 is 1.33 bits per heavy atom. The molecule has 1 heterocycles. The minimum absolute atomic E-state index is 0.115. The molecule has 6 heteroatoms. The van der Waals surface area contributed by atoms with E-state index in [1.807, 2.05) is 12.1 Å².